The van der Waals surface area contributed by atoms with Gasteiger partial charge in [-0.3, -0.25) is 0 Å². The second kappa shape index (κ2) is 2.89. The van der Waals surface area contributed by atoms with Crippen LogP contribution in [-0.2, 0) is 0 Å². The third-order valence-electron chi connectivity index (χ3n) is 1.13. The molecule has 0 aliphatic heterocycles. The Labute approximate surface area is 65.4 Å². The molecular formula is C7H4BClO. The first-order valence-corrected chi connectivity index (χ1v) is 3.13. The van der Waals surface area contributed by atoms with Gasteiger partial charge in [0, 0.05) is 10.6 Å². The maximum Gasteiger partial charge on any atom is 0.175 e. The van der Waals surface area contributed by atoms with Gasteiger partial charge in [-0.25, -0.2) is 0 Å². The van der Waals surface area contributed by atoms with E-state index in [9.17, 15) is 4.79 Å². The van der Waals surface area contributed by atoms with E-state index in [4.69, 9.17) is 19.4 Å². The fraction of sp³-hybridized carbons (Fsp3) is 0. The Morgan fingerprint density at radius 2 is 1.80 bits per heavy atom. The van der Waals surface area contributed by atoms with Crippen LogP contribution in [0.2, 0.25) is 5.02 Å². The van der Waals surface area contributed by atoms with E-state index >= 15 is 0 Å². The molecule has 0 aromatic heterocycles. The van der Waals surface area contributed by atoms with Crippen molar-refractivity contribution < 1.29 is 4.79 Å². The summed E-state index contributed by atoms with van der Waals surface area (Å²) in [4.78, 5) is 10.5. The van der Waals surface area contributed by atoms with Gasteiger partial charge in [0.15, 0.2) is 7.85 Å². The Bertz CT molecular complexity index is 242. The van der Waals surface area contributed by atoms with E-state index < -0.39 is 5.68 Å². The Morgan fingerprint density at radius 3 is 2.20 bits per heavy atom. The van der Waals surface area contributed by atoms with Gasteiger partial charge in [0.1, 0.15) is 5.68 Å². The van der Waals surface area contributed by atoms with Gasteiger partial charge in [0.25, 0.3) is 0 Å². The summed E-state index contributed by atoms with van der Waals surface area (Å²) in [6.45, 7) is 0. The highest BCUT2D eigenvalue weighted by Gasteiger charge is 1.95. The molecule has 10 heavy (non-hydrogen) atoms. The molecule has 1 rings (SSSR count). The zero-order valence-corrected chi connectivity index (χ0v) is 5.93. The molecular weight excluding hydrogens is 146 g/mol. The maximum atomic E-state index is 10.5. The predicted molar refractivity (Wildman–Crippen MR) is 41.5 cm³/mol. The number of carbonyl (C=O) groups is 1. The second-order valence-electron chi connectivity index (χ2n) is 1.87. The molecule has 2 radical (unpaired) electrons. The molecule has 0 N–H and O–H groups in total. The van der Waals surface area contributed by atoms with Gasteiger partial charge in [0.2, 0.25) is 0 Å². The molecule has 48 valence electrons. The van der Waals surface area contributed by atoms with Crippen molar-refractivity contribution in [3.63, 3.8) is 0 Å². The molecule has 1 aromatic rings. The van der Waals surface area contributed by atoms with Gasteiger partial charge in [0.05, 0.1) is 0 Å². The quantitative estimate of drug-likeness (QED) is 0.556. The summed E-state index contributed by atoms with van der Waals surface area (Å²) < 4.78 is 0. The molecule has 0 atom stereocenters. The normalized spacial score (nSPS) is 9.30. The van der Waals surface area contributed by atoms with Crippen LogP contribution in [-0.4, -0.2) is 13.5 Å². The smallest absolute Gasteiger partial charge is 0.175 e. The average molecular weight is 150 g/mol. The molecule has 0 bridgehead atoms. The third-order valence-corrected chi connectivity index (χ3v) is 1.38. The number of rotatable bonds is 1. The minimum Gasteiger partial charge on any atom is -0.307 e. The highest BCUT2D eigenvalue weighted by molar-refractivity contribution is 6.62. The third kappa shape index (κ3) is 1.61. The van der Waals surface area contributed by atoms with Crippen molar-refractivity contribution >= 4 is 25.1 Å². The Balaban J connectivity index is 3.00. The van der Waals surface area contributed by atoms with Crippen LogP contribution in [0, 0.1) is 0 Å². The molecule has 0 amide bonds. The molecule has 1 aromatic carbocycles. The zero-order valence-electron chi connectivity index (χ0n) is 5.17. The molecule has 0 heterocycles. The summed E-state index contributed by atoms with van der Waals surface area (Å²) in [5.41, 5.74) is 0.0427. The highest BCUT2D eigenvalue weighted by Crippen LogP contribution is 2.08. The average Bonchev–Trinajstić information content (AvgIpc) is 1.88. The van der Waals surface area contributed by atoms with Crippen molar-refractivity contribution in [2.45, 2.75) is 0 Å². The molecule has 0 spiro atoms. The summed E-state index contributed by atoms with van der Waals surface area (Å²) in [5, 5.41) is 0.602. The van der Waals surface area contributed by atoms with Crippen molar-refractivity contribution in [2.24, 2.45) is 0 Å². The van der Waals surface area contributed by atoms with Gasteiger partial charge in [-0.2, -0.15) is 0 Å². The van der Waals surface area contributed by atoms with Crippen LogP contribution in [0.5, 0.6) is 0 Å². The first kappa shape index (κ1) is 7.35. The summed E-state index contributed by atoms with van der Waals surface area (Å²) in [7, 11) is 4.98. The lowest BCUT2D eigenvalue weighted by Gasteiger charge is -1.93. The highest BCUT2D eigenvalue weighted by atomic mass is 35.5. The number of halogens is 1. The summed E-state index contributed by atoms with van der Waals surface area (Å²) in [6.07, 6.45) is 0. The summed E-state index contributed by atoms with van der Waals surface area (Å²) in [6, 6.07) is 6.43. The van der Waals surface area contributed by atoms with Crippen molar-refractivity contribution in [2.75, 3.05) is 0 Å². The Hall–Kier alpha value is -0.755. The predicted octanol–water partition coefficient (Wildman–Crippen LogP) is 1.65. The summed E-state index contributed by atoms with van der Waals surface area (Å²) in [5.74, 6) is 0. The van der Waals surface area contributed by atoms with Crippen molar-refractivity contribution in [3.8, 4) is 0 Å². The molecule has 0 saturated heterocycles. The zero-order chi connectivity index (χ0) is 7.56. The Kier molecular flexibility index (Phi) is 2.12. The molecule has 0 aliphatic carbocycles. The largest absolute Gasteiger partial charge is 0.307 e. The topological polar surface area (TPSA) is 17.1 Å². The van der Waals surface area contributed by atoms with E-state index in [1.54, 1.807) is 24.3 Å². The van der Waals surface area contributed by atoms with E-state index in [2.05, 4.69) is 0 Å². The molecule has 0 unspecified atom stereocenters. The number of carbonyl (C=O) groups excluding carboxylic acids is 1. The van der Waals surface area contributed by atoms with E-state index in [1.165, 1.54) is 0 Å². The van der Waals surface area contributed by atoms with Crippen LogP contribution in [0.3, 0.4) is 0 Å². The van der Waals surface area contributed by atoms with Crippen LogP contribution >= 0.6 is 11.6 Å². The van der Waals surface area contributed by atoms with E-state index in [0.29, 0.717) is 10.6 Å². The van der Waals surface area contributed by atoms with Gasteiger partial charge in [-0.15, -0.1) is 0 Å². The van der Waals surface area contributed by atoms with Gasteiger partial charge in [-0.1, -0.05) is 23.7 Å². The van der Waals surface area contributed by atoms with Crippen molar-refractivity contribution in [1.29, 1.82) is 0 Å². The fourth-order valence-corrected chi connectivity index (χ4v) is 0.740. The van der Waals surface area contributed by atoms with Crippen LogP contribution in [0.1, 0.15) is 10.4 Å². The van der Waals surface area contributed by atoms with E-state index in [-0.39, 0.29) is 0 Å². The number of hydrogen-bond acceptors (Lipinski definition) is 1. The minimum absolute atomic E-state index is 0.434. The van der Waals surface area contributed by atoms with Crippen LogP contribution in [0.15, 0.2) is 24.3 Å². The number of benzene rings is 1. The first-order chi connectivity index (χ1) is 4.70. The lowest BCUT2D eigenvalue weighted by atomic mass is 9.95. The molecule has 1 nitrogen and oxygen atoms in total. The standard InChI is InChI=1S/C7H4BClO/c8-7(10)5-1-3-6(9)4-2-5/h1-4H. The van der Waals surface area contributed by atoms with Crippen LogP contribution in [0.25, 0.3) is 0 Å². The van der Waals surface area contributed by atoms with E-state index in [1.807, 2.05) is 0 Å². The molecule has 0 aliphatic rings. The first-order valence-electron chi connectivity index (χ1n) is 2.75. The fourth-order valence-electron chi connectivity index (χ4n) is 0.614. The Morgan fingerprint density at radius 1 is 1.30 bits per heavy atom. The summed E-state index contributed by atoms with van der Waals surface area (Å²) >= 11 is 5.56. The minimum atomic E-state index is -0.434. The van der Waals surface area contributed by atoms with Crippen molar-refractivity contribution in [3.05, 3.63) is 34.9 Å². The van der Waals surface area contributed by atoms with Gasteiger partial charge in [-0.05, 0) is 12.1 Å². The monoisotopic (exact) mass is 150 g/mol. The lowest BCUT2D eigenvalue weighted by molar-refractivity contribution is 0.108. The van der Waals surface area contributed by atoms with E-state index in [0.717, 1.165) is 0 Å². The van der Waals surface area contributed by atoms with Gasteiger partial charge < -0.3 is 4.79 Å². The van der Waals surface area contributed by atoms with Crippen LogP contribution < -0.4 is 0 Å². The second-order valence-corrected chi connectivity index (χ2v) is 2.31. The lowest BCUT2D eigenvalue weighted by Crippen LogP contribution is -1.95. The molecule has 0 saturated carbocycles. The van der Waals surface area contributed by atoms with Gasteiger partial charge >= 0.3 is 0 Å². The molecule has 3 heteroatoms. The number of hydrogen-bond donors (Lipinski definition) is 0. The van der Waals surface area contributed by atoms with Crippen molar-refractivity contribution in [1.82, 2.24) is 0 Å². The maximum absolute atomic E-state index is 10.5. The van der Waals surface area contributed by atoms with Crippen LogP contribution in [0.4, 0.5) is 0 Å². The SMILES string of the molecule is [B]C(=O)c1ccc(Cl)cc1. The molecule has 0 fully saturated rings.